The highest BCUT2D eigenvalue weighted by atomic mass is 16.2. The van der Waals surface area contributed by atoms with Crippen molar-refractivity contribution in [1.82, 2.24) is 14.8 Å². The minimum absolute atomic E-state index is 0.0482. The first kappa shape index (κ1) is 20.8. The van der Waals surface area contributed by atoms with Crippen molar-refractivity contribution in [2.24, 2.45) is 0 Å². The van der Waals surface area contributed by atoms with Crippen molar-refractivity contribution in [2.75, 3.05) is 31.5 Å². The molecular formula is C23H30N4O2. The number of pyridine rings is 1. The van der Waals surface area contributed by atoms with Crippen molar-refractivity contribution in [3.63, 3.8) is 0 Å². The van der Waals surface area contributed by atoms with Gasteiger partial charge >= 0.3 is 0 Å². The molecule has 1 aromatic carbocycles. The summed E-state index contributed by atoms with van der Waals surface area (Å²) in [6, 6.07) is 8.26. The van der Waals surface area contributed by atoms with Gasteiger partial charge in [0.15, 0.2) is 0 Å². The topological polar surface area (TPSA) is 65.5 Å². The molecule has 0 aliphatic carbocycles. The van der Waals surface area contributed by atoms with Crippen molar-refractivity contribution in [1.29, 1.82) is 0 Å². The molecule has 1 aromatic heterocycles. The number of piperazine rings is 1. The van der Waals surface area contributed by atoms with E-state index in [2.05, 4.69) is 56.2 Å². The van der Waals surface area contributed by atoms with E-state index in [-0.39, 0.29) is 5.91 Å². The van der Waals surface area contributed by atoms with Crippen molar-refractivity contribution >= 4 is 23.7 Å². The van der Waals surface area contributed by atoms with Crippen LogP contribution in [-0.2, 0) is 4.79 Å². The number of hydrogen-bond donors (Lipinski definition) is 1. The molecule has 1 saturated heterocycles. The fourth-order valence-electron chi connectivity index (χ4n) is 3.68. The number of hydrogen-bond acceptors (Lipinski definition) is 4. The average molecular weight is 395 g/mol. The van der Waals surface area contributed by atoms with Crippen LogP contribution in [0.5, 0.6) is 0 Å². The number of para-hydroxylation sites is 1. The number of rotatable bonds is 6. The van der Waals surface area contributed by atoms with E-state index in [9.17, 15) is 9.59 Å². The summed E-state index contributed by atoms with van der Waals surface area (Å²) in [5.74, 6) is 0.708. The number of benzene rings is 1. The highest BCUT2D eigenvalue weighted by Crippen LogP contribution is 2.34. The van der Waals surface area contributed by atoms with E-state index in [1.807, 2.05) is 6.07 Å². The molecular weight excluding hydrogens is 364 g/mol. The number of amides is 2. The van der Waals surface area contributed by atoms with Crippen LogP contribution in [0.1, 0.15) is 61.0 Å². The Morgan fingerprint density at radius 2 is 1.66 bits per heavy atom. The molecule has 6 nitrogen and oxygen atoms in total. The second kappa shape index (κ2) is 9.07. The third-order valence-corrected chi connectivity index (χ3v) is 5.38. The van der Waals surface area contributed by atoms with Crippen LogP contribution in [0, 0.1) is 0 Å². The standard InChI is InChI=1S/C23H30N4O2/c1-16(2)20-6-5-7-21(17(3)4)22(20)25-19-12-18(13-24-14-19)23(29)27-10-8-26(15-28)9-11-27/h5-7,12-17,25H,8-11H2,1-4H3. The van der Waals surface area contributed by atoms with E-state index in [0.29, 0.717) is 43.6 Å². The molecule has 2 aromatic rings. The molecule has 3 rings (SSSR count). The number of anilines is 2. The fourth-order valence-corrected chi connectivity index (χ4v) is 3.68. The van der Waals surface area contributed by atoms with Crippen molar-refractivity contribution < 1.29 is 9.59 Å². The molecule has 1 aliphatic heterocycles. The zero-order chi connectivity index (χ0) is 21.0. The monoisotopic (exact) mass is 394 g/mol. The summed E-state index contributed by atoms with van der Waals surface area (Å²) in [4.78, 5) is 31.6. The summed E-state index contributed by atoms with van der Waals surface area (Å²) in [5.41, 5.74) is 4.96. The second-order valence-electron chi connectivity index (χ2n) is 8.14. The van der Waals surface area contributed by atoms with Gasteiger partial charge in [-0.3, -0.25) is 14.6 Å². The summed E-state index contributed by atoms with van der Waals surface area (Å²) in [5, 5.41) is 3.53. The molecule has 0 unspecified atom stereocenters. The predicted molar refractivity (Wildman–Crippen MR) is 116 cm³/mol. The van der Waals surface area contributed by atoms with Crippen LogP contribution in [0.3, 0.4) is 0 Å². The van der Waals surface area contributed by atoms with Gasteiger partial charge in [-0.05, 0) is 29.0 Å². The SMILES string of the molecule is CC(C)c1cccc(C(C)C)c1Nc1cncc(C(=O)N2CCN(C=O)CC2)c1. The maximum absolute atomic E-state index is 12.9. The van der Waals surface area contributed by atoms with Gasteiger partial charge in [-0.1, -0.05) is 45.9 Å². The van der Waals surface area contributed by atoms with Crippen molar-refractivity contribution in [3.05, 3.63) is 53.3 Å². The van der Waals surface area contributed by atoms with Crippen LogP contribution >= 0.6 is 0 Å². The normalized spacial score (nSPS) is 14.4. The number of nitrogens with one attached hydrogen (secondary N) is 1. The number of carbonyl (C=O) groups excluding carboxylic acids is 2. The first-order valence-corrected chi connectivity index (χ1v) is 10.2. The van der Waals surface area contributed by atoms with Gasteiger partial charge in [0.2, 0.25) is 6.41 Å². The van der Waals surface area contributed by atoms with Gasteiger partial charge in [0, 0.05) is 38.1 Å². The molecule has 1 N–H and O–H groups in total. The molecule has 0 saturated carbocycles. The molecule has 1 fully saturated rings. The van der Waals surface area contributed by atoms with Crippen LogP contribution in [-0.4, -0.2) is 53.3 Å². The number of nitrogens with zero attached hydrogens (tertiary/aromatic N) is 3. The first-order valence-electron chi connectivity index (χ1n) is 10.2. The Bertz CT molecular complexity index is 845. The summed E-state index contributed by atoms with van der Waals surface area (Å²) in [6.07, 6.45) is 4.20. The molecule has 154 valence electrons. The largest absolute Gasteiger partial charge is 0.354 e. The van der Waals surface area contributed by atoms with E-state index in [0.717, 1.165) is 17.8 Å². The van der Waals surface area contributed by atoms with Gasteiger partial charge in [0.25, 0.3) is 5.91 Å². The lowest BCUT2D eigenvalue weighted by atomic mass is 9.92. The quantitative estimate of drug-likeness (QED) is 0.753. The van der Waals surface area contributed by atoms with Crippen molar-refractivity contribution in [3.8, 4) is 0 Å². The maximum atomic E-state index is 12.9. The second-order valence-corrected chi connectivity index (χ2v) is 8.14. The molecule has 0 spiro atoms. The van der Waals surface area contributed by atoms with Gasteiger partial charge in [-0.15, -0.1) is 0 Å². The summed E-state index contributed by atoms with van der Waals surface area (Å²) in [7, 11) is 0. The van der Waals surface area contributed by atoms with E-state index in [1.165, 1.54) is 11.1 Å². The van der Waals surface area contributed by atoms with Crippen molar-refractivity contribution in [2.45, 2.75) is 39.5 Å². The summed E-state index contributed by atoms with van der Waals surface area (Å²) < 4.78 is 0. The Labute approximate surface area is 172 Å². The third-order valence-electron chi connectivity index (χ3n) is 5.38. The van der Waals surface area contributed by atoms with E-state index < -0.39 is 0 Å². The molecule has 0 radical (unpaired) electrons. The highest BCUT2D eigenvalue weighted by molar-refractivity contribution is 5.95. The molecule has 2 amide bonds. The summed E-state index contributed by atoms with van der Waals surface area (Å²) in [6.45, 7) is 11.0. The van der Waals surface area contributed by atoms with E-state index in [4.69, 9.17) is 0 Å². The molecule has 29 heavy (non-hydrogen) atoms. The highest BCUT2D eigenvalue weighted by Gasteiger charge is 2.22. The minimum atomic E-state index is -0.0482. The van der Waals surface area contributed by atoms with Crippen LogP contribution in [0.25, 0.3) is 0 Å². The molecule has 0 bridgehead atoms. The number of aromatic nitrogens is 1. The fraction of sp³-hybridized carbons (Fsp3) is 0.435. The first-order chi connectivity index (χ1) is 13.9. The lowest BCUT2D eigenvalue weighted by Gasteiger charge is -2.32. The zero-order valence-corrected chi connectivity index (χ0v) is 17.7. The Balaban J connectivity index is 1.84. The Kier molecular flexibility index (Phi) is 6.52. The molecule has 0 atom stereocenters. The van der Waals surface area contributed by atoms with Gasteiger partial charge in [0.1, 0.15) is 0 Å². The minimum Gasteiger partial charge on any atom is -0.354 e. The summed E-state index contributed by atoms with van der Waals surface area (Å²) >= 11 is 0. The maximum Gasteiger partial charge on any atom is 0.255 e. The van der Waals surface area contributed by atoms with E-state index in [1.54, 1.807) is 22.2 Å². The van der Waals surface area contributed by atoms with Crippen LogP contribution in [0.2, 0.25) is 0 Å². The third kappa shape index (κ3) is 4.75. The lowest BCUT2D eigenvalue weighted by molar-refractivity contribution is -0.119. The average Bonchev–Trinajstić information content (AvgIpc) is 2.73. The Hall–Kier alpha value is -2.89. The lowest BCUT2D eigenvalue weighted by Crippen LogP contribution is -2.48. The van der Waals surface area contributed by atoms with Gasteiger partial charge in [-0.25, -0.2) is 0 Å². The Morgan fingerprint density at radius 3 is 2.21 bits per heavy atom. The van der Waals surface area contributed by atoms with Crippen LogP contribution in [0.15, 0.2) is 36.7 Å². The van der Waals surface area contributed by atoms with E-state index >= 15 is 0 Å². The molecule has 6 heteroatoms. The predicted octanol–water partition coefficient (Wildman–Crippen LogP) is 3.99. The molecule has 2 heterocycles. The van der Waals surface area contributed by atoms with Gasteiger partial charge in [-0.2, -0.15) is 0 Å². The zero-order valence-electron chi connectivity index (χ0n) is 17.7. The molecule has 1 aliphatic rings. The number of carbonyl (C=O) groups is 2. The van der Waals surface area contributed by atoms with Crippen LogP contribution < -0.4 is 5.32 Å². The van der Waals surface area contributed by atoms with Gasteiger partial charge < -0.3 is 15.1 Å². The smallest absolute Gasteiger partial charge is 0.255 e. The Morgan fingerprint density at radius 1 is 1.03 bits per heavy atom. The van der Waals surface area contributed by atoms with Gasteiger partial charge in [0.05, 0.1) is 17.4 Å². The van der Waals surface area contributed by atoms with Crippen LogP contribution in [0.4, 0.5) is 11.4 Å².